The first-order chi connectivity index (χ1) is 8.34. The first kappa shape index (κ1) is 14.6. The van der Waals surface area contributed by atoms with Crippen molar-refractivity contribution in [1.82, 2.24) is 10.3 Å². The van der Waals surface area contributed by atoms with Gasteiger partial charge in [-0.1, -0.05) is 26.8 Å². The van der Waals surface area contributed by atoms with Crippen molar-refractivity contribution in [1.29, 1.82) is 0 Å². The Labute approximate surface area is 106 Å². The van der Waals surface area contributed by atoms with Gasteiger partial charge in [0, 0.05) is 12.6 Å². The number of nitrogens with zero attached hydrogens (tertiary/aromatic N) is 1. The van der Waals surface area contributed by atoms with Gasteiger partial charge in [-0.2, -0.15) is 4.39 Å². The molecule has 0 aliphatic rings. The van der Waals surface area contributed by atoms with E-state index in [0.29, 0.717) is 6.42 Å². The molecule has 2 N–H and O–H groups in total. The summed E-state index contributed by atoms with van der Waals surface area (Å²) in [6.07, 6.45) is 0.449. The Kier molecular flexibility index (Phi) is 4.78. The molecule has 1 unspecified atom stereocenters. The minimum absolute atomic E-state index is 0.0151. The fourth-order valence-electron chi connectivity index (χ4n) is 1.62. The van der Waals surface area contributed by atoms with Crippen molar-refractivity contribution in [2.75, 3.05) is 6.61 Å². The molecule has 0 radical (unpaired) electrons. The number of aliphatic hydroxyl groups is 1. The van der Waals surface area contributed by atoms with E-state index in [9.17, 15) is 9.18 Å². The highest BCUT2D eigenvalue weighted by Crippen LogP contribution is 2.21. The summed E-state index contributed by atoms with van der Waals surface area (Å²) in [5.41, 5.74) is -0.145. The molecule has 0 saturated heterocycles. The van der Waals surface area contributed by atoms with Crippen LogP contribution in [0.5, 0.6) is 0 Å². The smallest absolute Gasteiger partial charge is 0.270 e. The Hall–Kier alpha value is -1.49. The predicted molar refractivity (Wildman–Crippen MR) is 66.6 cm³/mol. The lowest BCUT2D eigenvalue weighted by Gasteiger charge is -2.31. The van der Waals surface area contributed by atoms with E-state index in [2.05, 4.69) is 10.3 Å². The summed E-state index contributed by atoms with van der Waals surface area (Å²) >= 11 is 0. The third kappa shape index (κ3) is 4.07. The summed E-state index contributed by atoms with van der Waals surface area (Å²) < 4.78 is 12.9. The number of rotatable bonds is 4. The van der Waals surface area contributed by atoms with Crippen molar-refractivity contribution < 1.29 is 14.3 Å². The Morgan fingerprint density at radius 1 is 1.50 bits per heavy atom. The molecule has 0 aliphatic carbocycles. The second-order valence-corrected chi connectivity index (χ2v) is 5.25. The molecule has 0 bridgehead atoms. The van der Waals surface area contributed by atoms with E-state index in [-0.39, 0.29) is 23.8 Å². The van der Waals surface area contributed by atoms with Crippen LogP contribution in [0.3, 0.4) is 0 Å². The molecular weight excluding hydrogens is 235 g/mol. The molecule has 5 heteroatoms. The van der Waals surface area contributed by atoms with Crippen molar-refractivity contribution in [3.63, 3.8) is 0 Å². The number of carbonyl (C=O) groups is 1. The van der Waals surface area contributed by atoms with Gasteiger partial charge in [0.1, 0.15) is 5.69 Å². The van der Waals surface area contributed by atoms with E-state index in [1.54, 1.807) is 0 Å². The van der Waals surface area contributed by atoms with Gasteiger partial charge in [-0.15, -0.1) is 0 Å². The van der Waals surface area contributed by atoms with Gasteiger partial charge in [-0.05, 0) is 24.0 Å². The zero-order valence-electron chi connectivity index (χ0n) is 10.9. The Morgan fingerprint density at radius 3 is 2.67 bits per heavy atom. The van der Waals surface area contributed by atoms with E-state index < -0.39 is 11.9 Å². The largest absolute Gasteiger partial charge is 0.396 e. The molecule has 1 aromatic rings. The normalized spacial score (nSPS) is 13.2. The molecule has 1 heterocycles. The van der Waals surface area contributed by atoms with Crippen LogP contribution in [0.25, 0.3) is 0 Å². The maximum atomic E-state index is 12.9. The van der Waals surface area contributed by atoms with E-state index in [1.807, 2.05) is 20.8 Å². The zero-order chi connectivity index (χ0) is 13.8. The number of amides is 1. The quantitative estimate of drug-likeness (QED) is 0.805. The van der Waals surface area contributed by atoms with E-state index in [0.717, 1.165) is 0 Å². The third-order valence-electron chi connectivity index (χ3n) is 2.72. The summed E-state index contributed by atoms with van der Waals surface area (Å²) in [5.74, 6) is -1.11. The highest BCUT2D eigenvalue weighted by Gasteiger charge is 2.26. The lowest BCUT2D eigenvalue weighted by Crippen LogP contribution is -2.44. The van der Waals surface area contributed by atoms with Crippen molar-refractivity contribution in [3.05, 3.63) is 29.8 Å². The molecule has 1 aromatic heterocycles. The molecule has 0 saturated carbocycles. The van der Waals surface area contributed by atoms with Gasteiger partial charge in [0.15, 0.2) is 0 Å². The highest BCUT2D eigenvalue weighted by atomic mass is 19.1. The van der Waals surface area contributed by atoms with Gasteiger partial charge in [-0.3, -0.25) is 4.79 Å². The Balaban J connectivity index is 2.79. The molecular formula is C13H19FN2O2. The number of pyridine rings is 1. The number of carbonyl (C=O) groups excluding carboxylic acids is 1. The first-order valence-electron chi connectivity index (χ1n) is 5.89. The molecule has 1 amide bonds. The first-order valence-corrected chi connectivity index (χ1v) is 5.89. The van der Waals surface area contributed by atoms with Crippen LogP contribution in [-0.2, 0) is 0 Å². The van der Waals surface area contributed by atoms with Gasteiger partial charge in [-0.25, -0.2) is 4.98 Å². The average Bonchev–Trinajstić information content (AvgIpc) is 2.27. The fourth-order valence-corrected chi connectivity index (χ4v) is 1.62. The SMILES string of the molecule is CC(C)(C)C(CCO)NC(=O)c1cccc(F)n1. The topological polar surface area (TPSA) is 62.2 Å². The molecule has 0 aliphatic heterocycles. The van der Waals surface area contributed by atoms with Crippen molar-refractivity contribution in [2.45, 2.75) is 33.2 Å². The number of aliphatic hydroxyl groups excluding tert-OH is 1. The number of halogens is 1. The van der Waals surface area contributed by atoms with Crippen LogP contribution >= 0.6 is 0 Å². The summed E-state index contributed by atoms with van der Waals surface area (Å²) in [5, 5.41) is 11.8. The van der Waals surface area contributed by atoms with E-state index >= 15 is 0 Å². The molecule has 4 nitrogen and oxygen atoms in total. The van der Waals surface area contributed by atoms with E-state index in [1.165, 1.54) is 18.2 Å². The minimum Gasteiger partial charge on any atom is -0.396 e. The summed E-state index contributed by atoms with van der Waals surface area (Å²) in [6, 6.07) is 3.89. The van der Waals surface area contributed by atoms with Crippen LogP contribution in [0, 0.1) is 11.4 Å². The van der Waals surface area contributed by atoms with E-state index in [4.69, 9.17) is 5.11 Å². The predicted octanol–water partition coefficient (Wildman–Crippen LogP) is 1.75. The second kappa shape index (κ2) is 5.91. The van der Waals surface area contributed by atoms with Gasteiger partial charge >= 0.3 is 0 Å². The minimum atomic E-state index is -0.683. The maximum Gasteiger partial charge on any atom is 0.270 e. The fraction of sp³-hybridized carbons (Fsp3) is 0.538. The number of hydrogen-bond donors (Lipinski definition) is 2. The van der Waals surface area contributed by atoms with Crippen molar-refractivity contribution >= 4 is 5.91 Å². The molecule has 1 atom stereocenters. The van der Waals surface area contributed by atoms with Gasteiger partial charge in [0.25, 0.3) is 5.91 Å². The van der Waals surface area contributed by atoms with Crippen molar-refractivity contribution in [3.8, 4) is 0 Å². The van der Waals surface area contributed by atoms with Crippen LogP contribution in [0.4, 0.5) is 4.39 Å². The molecule has 0 spiro atoms. The number of nitrogens with one attached hydrogen (secondary N) is 1. The van der Waals surface area contributed by atoms with Gasteiger partial charge < -0.3 is 10.4 Å². The molecule has 18 heavy (non-hydrogen) atoms. The standard InChI is InChI=1S/C13H19FN2O2/c1-13(2,3)10(7-8-17)16-12(18)9-5-4-6-11(14)15-9/h4-6,10,17H,7-8H2,1-3H3,(H,16,18). The number of hydrogen-bond acceptors (Lipinski definition) is 3. The molecule has 1 rings (SSSR count). The number of aromatic nitrogens is 1. The van der Waals surface area contributed by atoms with Crippen LogP contribution in [0.2, 0.25) is 0 Å². The molecule has 0 aromatic carbocycles. The van der Waals surface area contributed by atoms with Gasteiger partial charge in [0.05, 0.1) is 0 Å². The average molecular weight is 254 g/mol. The summed E-state index contributed by atoms with van der Waals surface area (Å²) in [6.45, 7) is 5.88. The van der Waals surface area contributed by atoms with Crippen LogP contribution in [0.1, 0.15) is 37.7 Å². The lowest BCUT2D eigenvalue weighted by atomic mass is 9.85. The lowest BCUT2D eigenvalue weighted by molar-refractivity contribution is 0.0879. The molecule has 0 fully saturated rings. The highest BCUT2D eigenvalue weighted by molar-refractivity contribution is 5.92. The second-order valence-electron chi connectivity index (χ2n) is 5.25. The third-order valence-corrected chi connectivity index (χ3v) is 2.72. The van der Waals surface area contributed by atoms with Crippen LogP contribution < -0.4 is 5.32 Å². The van der Waals surface area contributed by atoms with Crippen LogP contribution in [0.15, 0.2) is 18.2 Å². The van der Waals surface area contributed by atoms with Crippen LogP contribution in [-0.4, -0.2) is 28.6 Å². The zero-order valence-corrected chi connectivity index (χ0v) is 10.9. The van der Waals surface area contributed by atoms with Gasteiger partial charge in [0.2, 0.25) is 5.95 Å². The Bertz CT molecular complexity index is 416. The molecule has 100 valence electrons. The summed E-state index contributed by atoms with van der Waals surface area (Å²) in [7, 11) is 0. The maximum absolute atomic E-state index is 12.9. The van der Waals surface area contributed by atoms with Crippen molar-refractivity contribution in [2.24, 2.45) is 5.41 Å². The Morgan fingerprint density at radius 2 is 2.17 bits per heavy atom. The summed E-state index contributed by atoms with van der Waals surface area (Å²) in [4.78, 5) is 15.4. The monoisotopic (exact) mass is 254 g/mol.